The van der Waals surface area contributed by atoms with Crippen LogP contribution < -0.4 is 5.32 Å². The van der Waals surface area contributed by atoms with Gasteiger partial charge in [0.25, 0.3) is 0 Å². The van der Waals surface area contributed by atoms with Gasteiger partial charge in [-0.05, 0) is 30.9 Å². The van der Waals surface area contributed by atoms with E-state index in [2.05, 4.69) is 17.4 Å². The molecular weight excluding hydrogens is 348 g/mol. The number of hydrogen-bond acceptors (Lipinski definition) is 4. The van der Waals surface area contributed by atoms with Gasteiger partial charge in [-0.1, -0.05) is 31.0 Å². The molecule has 3 aliphatic rings. The first kappa shape index (κ1) is 17.6. The molecule has 0 radical (unpaired) electrons. The summed E-state index contributed by atoms with van der Waals surface area (Å²) in [5.41, 5.74) is 1.16. The minimum absolute atomic E-state index is 0.0208. The molecule has 3 amide bonds. The summed E-state index contributed by atoms with van der Waals surface area (Å²) in [6, 6.07) is 8.17. The van der Waals surface area contributed by atoms with Crippen LogP contribution in [0.3, 0.4) is 0 Å². The molecule has 1 N–H and O–H groups in total. The molecule has 1 saturated carbocycles. The summed E-state index contributed by atoms with van der Waals surface area (Å²) in [7, 11) is 0. The van der Waals surface area contributed by atoms with Gasteiger partial charge in [-0.15, -0.1) is 11.8 Å². The van der Waals surface area contributed by atoms with Crippen molar-refractivity contribution in [1.82, 2.24) is 10.2 Å². The Morgan fingerprint density at radius 1 is 1.08 bits per heavy atom. The third-order valence-electron chi connectivity index (χ3n) is 5.79. The number of imide groups is 1. The molecular formula is C20H24N2O3S. The second-order valence-electron chi connectivity index (χ2n) is 7.37. The number of fused-ring (bicyclic) bond motifs is 2. The Balaban J connectivity index is 1.35. The fraction of sp³-hybridized carbons (Fsp3) is 0.550. The van der Waals surface area contributed by atoms with Crippen molar-refractivity contribution in [2.45, 2.75) is 49.5 Å². The average Bonchev–Trinajstić information content (AvgIpc) is 2.91. The van der Waals surface area contributed by atoms with E-state index in [1.165, 1.54) is 9.80 Å². The van der Waals surface area contributed by atoms with E-state index in [9.17, 15) is 14.4 Å². The van der Waals surface area contributed by atoms with E-state index >= 15 is 0 Å². The number of amides is 3. The summed E-state index contributed by atoms with van der Waals surface area (Å²) in [4.78, 5) is 40.0. The molecule has 1 saturated heterocycles. The van der Waals surface area contributed by atoms with Crippen LogP contribution >= 0.6 is 11.8 Å². The molecule has 5 nitrogen and oxygen atoms in total. The number of rotatable bonds is 4. The molecule has 4 rings (SSSR count). The number of benzene rings is 1. The van der Waals surface area contributed by atoms with Gasteiger partial charge in [0, 0.05) is 23.6 Å². The highest BCUT2D eigenvalue weighted by molar-refractivity contribution is 7.99. The molecule has 2 aliphatic heterocycles. The molecule has 6 heteroatoms. The first-order valence-corrected chi connectivity index (χ1v) is 10.5. The van der Waals surface area contributed by atoms with E-state index in [-0.39, 0.29) is 48.6 Å². The van der Waals surface area contributed by atoms with Gasteiger partial charge in [-0.2, -0.15) is 0 Å². The molecule has 2 heterocycles. The number of hydrogen-bond donors (Lipinski definition) is 1. The first-order valence-electron chi connectivity index (χ1n) is 9.51. The Morgan fingerprint density at radius 2 is 1.77 bits per heavy atom. The van der Waals surface area contributed by atoms with Gasteiger partial charge in [0.2, 0.25) is 17.7 Å². The molecule has 1 aromatic rings. The summed E-state index contributed by atoms with van der Waals surface area (Å²) in [6.07, 6.45) is 4.76. The van der Waals surface area contributed by atoms with Gasteiger partial charge in [0.1, 0.15) is 0 Å². The van der Waals surface area contributed by atoms with Crippen LogP contribution in [0.25, 0.3) is 0 Å². The van der Waals surface area contributed by atoms with Crippen LogP contribution in [0.15, 0.2) is 29.2 Å². The van der Waals surface area contributed by atoms with Crippen molar-refractivity contribution in [2.24, 2.45) is 11.8 Å². The van der Waals surface area contributed by atoms with E-state index in [0.717, 1.165) is 43.4 Å². The number of carbonyl (C=O) groups excluding carboxylic acids is 3. The van der Waals surface area contributed by atoms with Gasteiger partial charge in [-0.25, -0.2) is 0 Å². The molecule has 0 unspecified atom stereocenters. The molecule has 0 aromatic heterocycles. The summed E-state index contributed by atoms with van der Waals surface area (Å²) in [6.45, 7) is 0.208. The zero-order chi connectivity index (χ0) is 18.1. The second kappa shape index (κ2) is 7.43. The Morgan fingerprint density at radius 3 is 2.50 bits per heavy atom. The smallest absolute Gasteiger partial charge is 0.233 e. The highest BCUT2D eigenvalue weighted by atomic mass is 32.2. The van der Waals surface area contributed by atoms with Crippen LogP contribution in [0.1, 0.15) is 50.1 Å². The fourth-order valence-corrected chi connectivity index (χ4v) is 5.55. The van der Waals surface area contributed by atoms with E-state index in [1.807, 2.05) is 23.9 Å². The number of likely N-dealkylation sites (tertiary alicyclic amines) is 1. The average molecular weight is 372 g/mol. The summed E-state index contributed by atoms with van der Waals surface area (Å²) in [5, 5.41) is 3.09. The van der Waals surface area contributed by atoms with Crippen LogP contribution in [0, 0.1) is 11.8 Å². The predicted octanol–water partition coefficient (Wildman–Crippen LogP) is 2.91. The summed E-state index contributed by atoms with van der Waals surface area (Å²) >= 11 is 1.82. The van der Waals surface area contributed by atoms with Crippen LogP contribution in [-0.2, 0) is 14.4 Å². The van der Waals surface area contributed by atoms with Gasteiger partial charge < -0.3 is 5.32 Å². The number of nitrogens with zero attached hydrogens (tertiary/aromatic N) is 1. The van der Waals surface area contributed by atoms with E-state index in [4.69, 9.17) is 0 Å². The van der Waals surface area contributed by atoms with Crippen molar-refractivity contribution in [3.05, 3.63) is 29.8 Å². The van der Waals surface area contributed by atoms with Gasteiger partial charge >= 0.3 is 0 Å². The molecule has 1 aliphatic carbocycles. The number of carbonyl (C=O) groups is 3. The monoisotopic (exact) mass is 372 g/mol. The summed E-state index contributed by atoms with van der Waals surface area (Å²) < 4.78 is 0. The summed E-state index contributed by atoms with van der Waals surface area (Å²) in [5.74, 6) is 0.489. The molecule has 3 atom stereocenters. The topological polar surface area (TPSA) is 66.5 Å². The van der Waals surface area contributed by atoms with Crippen molar-refractivity contribution in [2.75, 3.05) is 12.3 Å². The van der Waals surface area contributed by atoms with E-state index < -0.39 is 0 Å². The van der Waals surface area contributed by atoms with Crippen molar-refractivity contribution >= 4 is 29.5 Å². The Hall–Kier alpha value is -1.82. The largest absolute Gasteiger partial charge is 0.349 e. The van der Waals surface area contributed by atoms with Crippen molar-refractivity contribution in [3.63, 3.8) is 0 Å². The Labute approximate surface area is 157 Å². The molecule has 138 valence electrons. The van der Waals surface area contributed by atoms with Crippen molar-refractivity contribution in [1.29, 1.82) is 0 Å². The normalized spacial score (nSPS) is 27.8. The molecule has 1 aromatic carbocycles. The SMILES string of the molecule is O=C(CCN1C(=O)[C@H]2CCCC[C@H]2C1=O)N[C@@H]1CCSc2ccccc21. The zero-order valence-electron chi connectivity index (χ0n) is 14.8. The van der Waals surface area contributed by atoms with Crippen LogP contribution in [-0.4, -0.2) is 34.9 Å². The number of nitrogens with one attached hydrogen (secondary N) is 1. The quantitative estimate of drug-likeness (QED) is 0.826. The molecule has 26 heavy (non-hydrogen) atoms. The van der Waals surface area contributed by atoms with Gasteiger partial charge in [0.15, 0.2) is 0 Å². The molecule has 0 spiro atoms. The van der Waals surface area contributed by atoms with Crippen LogP contribution in [0.5, 0.6) is 0 Å². The van der Waals surface area contributed by atoms with Crippen LogP contribution in [0.4, 0.5) is 0 Å². The lowest BCUT2D eigenvalue weighted by molar-refractivity contribution is -0.140. The Bertz CT molecular complexity index is 712. The lowest BCUT2D eigenvalue weighted by Crippen LogP contribution is -2.37. The minimum Gasteiger partial charge on any atom is -0.349 e. The third-order valence-corrected chi connectivity index (χ3v) is 6.91. The minimum atomic E-state index is -0.137. The highest BCUT2D eigenvalue weighted by Gasteiger charge is 2.47. The second-order valence-corrected chi connectivity index (χ2v) is 8.51. The fourth-order valence-electron chi connectivity index (χ4n) is 4.42. The van der Waals surface area contributed by atoms with Crippen LogP contribution in [0.2, 0.25) is 0 Å². The maximum absolute atomic E-state index is 12.5. The zero-order valence-corrected chi connectivity index (χ0v) is 15.6. The van der Waals surface area contributed by atoms with Gasteiger partial charge in [0.05, 0.1) is 17.9 Å². The number of thioether (sulfide) groups is 1. The highest BCUT2D eigenvalue weighted by Crippen LogP contribution is 2.38. The van der Waals surface area contributed by atoms with Crippen molar-refractivity contribution < 1.29 is 14.4 Å². The molecule has 0 bridgehead atoms. The maximum atomic E-state index is 12.5. The van der Waals surface area contributed by atoms with Crippen molar-refractivity contribution in [3.8, 4) is 0 Å². The Kier molecular flexibility index (Phi) is 5.02. The van der Waals surface area contributed by atoms with Gasteiger partial charge in [-0.3, -0.25) is 19.3 Å². The lowest BCUT2D eigenvalue weighted by Gasteiger charge is -2.26. The van der Waals surface area contributed by atoms with E-state index in [0.29, 0.717) is 0 Å². The van der Waals surface area contributed by atoms with E-state index in [1.54, 1.807) is 0 Å². The maximum Gasteiger partial charge on any atom is 0.233 e. The predicted molar refractivity (Wildman–Crippen MR) is 99.5 cm³/mol. The molecule has 2 fully saturated rings. The standard InChI is InChI=1S/C20H24N2O3S/c23-18(21-16-10-12-26-17-8-4-3-7-15(16)17)9-11-22-19(24)13-5-1-2-6-14(13)20(22)25/h3-4,7-8,13-14,16H,1-2,5-6,9-12H2,(H,21,23)/t13-,14+,16-/m1/s1. The third kappa shape index (κ3) is 3.27. The first-order chi connectivity index (χ1) is 12.6. The lowest BCUT2D eigenvalue weighted by atomic mass is 9.81.